The van der Waals surface area contributed by atoms with E-state index in [9.17, 15) is 0 Å². The van der Waals surface area contributed by atoms with Gasteiger partial charge in [0.1, 0.15) is 0 Å². The van der Waals surface area contributed by atoms with Crippen molar-refractivity contribution in [3.05, 3.63) is 30.3 Å². The second-order valence-corrected chi connectivity index (χ2v) is 6.56. The van der Waals surface area contributed by atoms with Crippen molar-refractivity contribution in [1.29, 1.82) is 0 Å². The number of fused-ring (bicyclic) bond motifs is 3. The van der Waals surface area contributed by atoms with Crippen molar-refractivity contribution >= 4 is 5.69 Å². The molecule has 0 N–H and O–H groups in total. The van der Waals surface area contributed by atoms with Crippen LogP contribution < -0.4 is 4.90 Å². The molecular weight excluding hydrogens is 246 g/mol. The molecule has 1 atom stereocenters. The summed E-state index contributed by atoms with van der Waals surface area (Å²) in [5.41, 5.74) is 1.39. The highest BCUT2D eigenvalue weighted by molar-refractivity contribution is 5.46. The number of piperidine rings is 3. The maximum atomic E-state index is 2.77. The average Bonchev–Trinajstić information content (AvgIpc) is 2.57. The first-order valence-corrected chi connectivity index (χ1v) is 8.16. The van der Waals surface area contributed by atoms with Gasteiger partial charge in [0.05, 0.1) is 0 Å². The third-order valence-electron chi connectivity index (χ3n) is 5.53. The van der Waals surface area contributed by atoms with Gasteiger partial charge in [-0.15, -0.1) is 0 Å². The highest BCUT2D eigenvalue weighted by Crippen LogP contribution is 2.31. The molecule has 0 spiro atoms. The number of piperazine rings is 1. The predicted molar refractivity (Wildman–Crippen MR) is 83.2 cm³/mol. The molecule has 2 bridgehead atoms. The molecule has 5 rings (SSSR count). The van der Waals surface area contributed by atoms with Crippen LogP contribution in [0.5, 0.6) is 0 Å². The molecule has 4 saturated heterocycles. The summed E-state index contributed by atoms with van der Waals surface area (Å²) in [7, 11) is 0. The molecule has 1 aromatic rings. The second-order valence-electron chi connectivity index (χ2n) is 6.56. The number of rotatable bonds is 2. The Morgan fingerprint density at radius 3 is 2.10 bits per heavy atom. The van der Waals surface area contributed by atoms with E-state index in [0.29, 0.717) is 0 Å². The van der Waals surface area contributed by atoms with E-state index in [2.05, 4.69) is 45.0 Å². The molecule has 4 heterocycles. The van der Waals surface area contributed by atoms with Crippen molar-refractivity contribution in [2.24, 2.45) is 5.92 Å². The molecule has 0 aliphatic carbocycles. The SMILES string of the molecule is c1ccc(N2CCN(C3CN4CCC3CC4)CC2)cc1. The molecule has 4 aliphatic rings. The third kappa shape index (κ3) is 2.33. The quantitative estimate of drug-likeness (QED) is 0.813. The van der Waals surface area contributed by atoms with Crippen molar-refractivity contribution in [3.8, 4) is 0 Å². The molecular formula is C17H25N3. The normalized spacial score (nSPS) is 34.4. The first-order chi connectivity index (χ1) is 9.90. The first-order valence-electron chi connectivity index (χ1n) is 8.16. The van der Waals surface area contributed by atoms with Gasteiger partial charge in [-0.3, -0.25) is 4.90 Å². The van der Waals surface area contributed by atoms with Crippen LogP contribution >= 0.6 is 0 Å². The van der Waals surface area contributed by atoms with E-state index >= 15 is 0 Å². The third-order valence-corrected chi connectivity index (χ3v) is 5.53. The maximum Gasteiger partial charge on any atom is 0.0367 e. The molecule has 0 aromatic heterocycles. The van der Waals surface area contributed by atoms with E-state index in [-0.39, 0.29) is 0 Å². The van der Waals surface area contributed by atoms with Crippen molar-refractivity contribution in [1.82, 2.24) is 9.80 Å². The number of nitrogens with zero attached hydrogens (tertiary/aromatic N) is 3. The molecule has 3 heteroatoms. The van der Waals surface area contributed by atoms with Crippen LogP contribution in [0.2, 0.25) is 0 Å². The molecule has 108 valence electrons. The fourth-order valence-corrected chi connectivity index (χ4v) is 4.30. The van der Waals surface area contributed by atoms with Crippen LogP contribution in [0.25, 0.3) is 0 Å². The molecule has 1 unspecified atom stereocenters. The van der Waals surface area contributed by atoms with Gasteiger partial charge in [-0.2, -0.15) is 0 Å². The summed E-state index contributed by atoms with van der Waals surface area (Å²) >= 11 is 0. The van der Waals surface area contributed by atoms with E-state index in [0.717, 1.165) is 12.0 Å². The average molecular weight is 271 g/mol. The lowest BCUT2D eigenvalue weighted by atomic mass is 9.83. The van der Waals surface area contributed by atoms with Gasteiger partial charge in [0.2, 0.25) is 0 Å². The Bertz CT molecular complexity index is 431. The second kappa shape index (κ2) is 5.38. The van der Waals surface area contributed by atoms with Crippen molar-refractivity contribution in [2.45, 2.75) is 18.9 Å². The van der Waals surface area contributed by atoms with Gasteiger partial charge in [0, 0.05) is 44.5 Å². The summed E-state index contributed by atoms with van der Waals surface area (Å²) in [5.74, 6) is 0.975. The van der Waals surface area contributed by atoms with Crippen LogP contribution in [-0.4, -0.2) is 61.7 Å². The first kappa shape index (κ1) is 12.7. The van der Waals surface area contributed by atoms with E-state index in [1.54, 1.807) is 0 Å². The van der Waals surface area contributed by atoms with Crippen molar-refractivity contribution in [2.75, 3.05) is 50.7 Å². The molecule has 20 heavy (non-hydrogen) atoms. The monoisotopic (exact) mass is 271 g/mol. The topological polar surface area (TPSA) is 9.72 Å². The van der Waals surface area contributed by atoms with Gasteiger partial charge in [-0.1, -0.05) is 18.2 Å². The smallest absolute Gasteiger partial charge is 0.0367 e. The minimum absolute atomic E-state index is 0.843. The Kier molecular flexibility index (Phi) is 3.41. The Hall–Kier alpha value is -1.06. The zero-order chi connectivity index (χ0) is 13.4. The zero-order valence-electron chi connectivity index (χ0n) is 12.2. The molecule has 4 fully saturated rings. The minimum atomic E-state index is 0.843. The minimum Gasteiger partial charge on any atom is -0.369 e. The summed E-state index contributed by atoms with van der Waals surface area (Å²) < 4.78 is 0. The van der Waals surface area contributed by atoms with Gasteiger partial charge in [-0.05, 0) is 44.0 Å². The van der Waals surface area contributed by atoms with Crippen LogP contribution in [0.15, 0.2) is 30.3 Å². The summed E-state index contributed by atoms with van der Waals surface area (Å²) in [5, 5.41) is 0. The number of benzene rings is 1. The summed E-state index contributed by atoms with van der Waals surface area (Å²) in [6.45, 7) is 8.89. The van der Waals surface area contributed by atoms with Gasteiger partial charge < -0.3 is 9.80 Å². The van der Waals surface area contributed by atoms with Crippen molar-refractivity contribution in [3.63, 3.8) is 0 Å². The van der Waals surface area contributed by atoms with E-state index in [1.807, 2.05) is 0 Å². The van der Waals surface area contributed by atoms with Crippen LogP contribution in [0.1, 0.15) is 12.8 Å². The summed E-state index contributed by atoms with van der Waals surface area (Å²) in [6.07, 6.45) is 2.87. The van der Waals surface area contributed by atoms with Crippen LogP contribution in [0.3, 0.4) is 0 Å². The van der Waals surface area contributed by atoms with E-state index in [4.69, 9.17) is 0 Å². The summed E-state index contributed by atoms with van der Waals surface area (Å²) in [4.78, 5) is 7.99. The van der Waals surface area contributed by atoms with Crippen LogP contribution in [0, 0.1) is 5.92 Å². The van der Waals surface area contributed by atoms with Crippen LogP contribution in [0.4, 0.5) is 5.69 Å². The highest BCUT2D eigenvalue weighted by atomic mass is 15.3. The van der Waals surface area contributed by atoms with Gasteiger partial charge in [-0.25, -0.2) is 0 Å². The van der Waals surface area contributed by atoms with Gasteiger partial charge in [0.25, 0.3) is 0 Å². The number of para-hydroxylation sites is 1. The lowest BCUT2D eigenvalue weighted by Gasteiger charge is -2.51. The Labute approximate surface area is 122 Å². The largest absolute Gasteiger partial charge is 0.369 e. The number of anilines is 1. The standard InChI is InChI=1S/C17H25N3/c1-2-4-16(5-3-1)19-10-12-20(13-11-19)17-14-18-8-6-15(17)7-9-18/h1-5,15,17H,6-14H2. The molecule has 1 aromatic carbocycles. The molecule has 0 amide bonds. The summed E-state index contributed by atoms with van der Waals surface area (Å²) in [6, 6.07) is 11.7. The number of hydrogen-bond acceptors (Lipinski definition) is 3. The van der Waals surface area contributed by atoms with Gasteiger partial charge in [0.15, 0.2) is 0 Å². The fourth-order valence-electron chi connectivity index (χ4n) is 4.30. The fraction of sp³-hybridized carbons (Fsp3) is 0.647. The van der Waals surface area contributed by atoms with Crippen LogP contribution in [-0.2, 0) is 0 Å². The van der Waals surface area contributed by atoms with E-state index < -0.39 is 0 Å². The lowest BCUT2D eigenvalue weighted by Crippen LogP contribution is -2.61. The molecule has 0 saturated carbocycles. The Morgan fingerprint density at radius 2 is 1.50 bits per heavy atom. The van der Waals surface area contributed by atoms with Gasteiger partial charge >= 0.3 is 0 Å². The van der Waals surface area contributed by atoms with E-state index in [1.165, 1.54) is 64.3 Å². The molecule has 0 radical (unpaired) electrons. The Balaban J connectivity index is 1.38. The molecule has 4 aliphatic heterocycles. The zero-order valence-corrected chi connectivity index (χ0v) is 12.2. The predicted octanol–water partition coefficient (Wildman–Crippen LogP) is 1.90. The Morgan fingerprint density at radius 1 is 0.800 bits per heavy atom. The maximum absolute atomic E-state index is 2.77. The highest BCUT2D eigenvalue weighted by Gasteiger charge is 2.38. The van der Waals surface area contributed by atoms with Crippen molar-refractivity contribution < 1.29 is 0 Å². The molecule has 3 nitrogen and oxygen atoms in total. The number of hydrogen-bond donors (Lipinski definition) is 0. The lowest BCUT2D eigenvalue weighted by molar-refractivity contribution is 0.00311.